The zero-order valence-corrected chi connectivity index (χ0v) is 10.2. The van der Waals surface area contributed by atoms with Gasteiger partial charge in [0.25, 0.3) is 0 Å². The highest BCUT2D eigenvalue weighted by Gasteiger charge is 2.30. The maximum absolute atomic E-state index is 12.5. The summed E-state index contributed by atoms with van der Waals surface area (Å²) < 4.78 is 42.7. The summed E-state index contributed by atoms with van der Waals surface area (Å²) in [4.78, 5) is 11.9. The lowest BCUT2D eigenvalue weighted by atomic mass is 9.98. The molecule has 5 heteroatoms. The highest BCUT2D eigenvalue weighted by Crippen LogP contribution is 2.29. The quantitative estimate of drug-likeness (QED) is 0.840. The highest BCUT2D eigenvalue weighted by atomic mass is 19.4. The first-order valence-electron chi connectivity index (χ1n) is 5.97. The van der Waals surface area contributed by atoms with Crippen molar-refractivity contribution in [3.8, 4) is 0 Å². The number of benzene rings is 1. The van der Waals surface area contributed by atoms with Crippen molar-refractivity contribution in [1.82, 2.24) is 0 Å². The largest absolute Gasteiger partial charge is 0.501 e. The molecule has 0 spiro atoms. The second kappa shape index (κ2) is 5.47. The Morgan fingerprint density at radius 3 is 2.74 bits per heavy atom. The summed E-state index contributed by atoms with van der Waals surface area (Å²) in [5, 5.41) is 0. The highest BCUT2D eigenvalue weighted by molar-refractivity contribution is 5.96. The maximum Gasteiger partial charge on any atom is 0.416 e. The summed E-state index contributed by atoms with van der Waals surface area (Å²) in [5.74, 6) is -0.181. The molecule has 1 aromatic carbocycles. The van der Waals surface area contributed by atoms with Gasteiger partial charge < -0.3 is 4.74 Å². The lowest BCUT2D eigenvalue weighted by Gasteiger charge is -2.13. The first-order valence-corrected chi connectivity index (χ1v) is 5.97. The summed E-state index contributed by atoms with van der Waals surface area (Å²) in [6.07, 6.45) is -1.61. The second-order valence-electron chi connectivity index (χ2n) is 4.42. The molecule has 0 fully saturated rings. The van der Waals surface area contributed by atoms with Crippen LogP contribution in [-0.4, -0.2) is 12.4 Å². The monoisotopic (exact) mass is 270 g/mol. The minimum absolute atomic E-state index is 0.0287. The Morgan fingerprint density at radius 2 is 2.11 bits per heavy atom. The van der Waals surface area contributed by atoms with Crippen LogP contribution in [0.1, 0.15) is 24.0 Å². The number of rotatable bonds is 3. The van der Waals surface area contributed by atoms with Crippen LogP contribution < -0.4 is 0 Å². The molecule has 102 valence electrons. The molecule has 19 heavy (non-hydrogen) atoms. The molecule has 0 unspecified atom stereocenters. The van der Waals surface area contributed by atoms with E-state index in [-0.39, 0.29) is 12.2 Å². The molecule has 1 aliphatic heterocycles. The average Bonchev–Trinajstić information content (AvgIpc) is 2.39. The lowest BCUT2D eigenvalue weighted by molar-refractivity contribution is -0.137. The Hall–Kier alpha value is -1.78. The van der Waals surface area contributed by atoms with Gasteiger partial charge in [-0.25, -0.2) is 0 Å². The van der Waals surface area contributed by atoms with E-state index in [1.807, 2.05) is 0 Å². The Kier molecular flexibility index (Phi) is 3.93. The molecule has 2 rings (SSSR count). The van der Waals surface area contributed by atoms with Gasteiger partial charge in [0.1, 0.15) is 0 Å². The van der Waals surface area contributed by atoms with Crippen molar-refractivity contribution in [2.24, 2.45) is 0 Å². The third kappa shape index (κ3) is 3.59. The van der Waals surface area contributed by atoms with Crippen LogP contribution in [0.15, 0.2) is 36.1 Å². The summed E-state index contributed by atoms with van der Waals surface area (Å²) in [7, 11) is 0. The zero-order chi connectivity index (χ0) is 13.9. The van der Waals surface area contributed by atoms with Crippen LogP contribution in [-0.2, 0) is 22.1 Å². The van der Waals surface area contributed by atoms with Crippen molar-refractivity contribution < 1.29 is 22.7 Å². The third-order valence-corrected chi connectivity index (χ3v) is 2.91. The number of halogens is 3. The van der Waals surface area contributed by atoms with E-state index in [2.05, 4.69) is 0 Å². The number of carbonyl (C=O) groups excluding carboxylic acids is 1. The van der Waals surface area contributed by atoms with E-state index >= 15 is 0 Å². The van der Waals surface area contributed by atoms with Gasteiger partial charge in [-0.15, -0.1) is 0 Å². The first-order chi connectivity index (χ1) is 8.97. The van der Waals surface area contributed by atoms with Crippen molar-refractivity contribution in [3.63, 3.8) is 0 Å². The van der Waals surface area contributed by atoms with Crippen LogP contribution in [0.3, 0.4) is 0 Å². The number of hydrogen-bond acceptors (Lipinski definition) is 2. The molecule has 1 aliphatic rings. The topological polar surface area (TPSA) is 26.3 Å². The van der Waals surface area contributed by atoms with Gasteiger partial charge in [0.05, 0.1) is 18.4 Å². The number of Topliss-reactive ketones (excluding diaryl/α,β-unsaturated/α-hetero) is 1. The van der Waals surface area contributed by atoms with Gasteiger partial charge in [0, 0.05) is 12.0 Å². The van der Waals surface area contributed by atoms with Gasteiger partial charge in [-0.3, -0.25) is 4.79 Å². The molecule has 0 saturated heterocycles. The van der Waals surface area contributed by atoms with Gasteiger partial charge in [-0.2, -0.15) is 13.2 Å². The predicted octanol–water partition coefficient (Wildman–Crippen LogP) is 3.51. The zero-order valence-electron chi connectivity index (χ0n) is 10.2. The SMILES string of the molecule is O=C(Cc1cccc(C(F)(F)F)c1)C1=COCCC1. The van der Waals surface area contributed by atoms with E-state index in [1.54, 1.807) is 0 Å². The fourth-order valence-corrected chi connectivity index (χ4v) is 1.93. The standard InChI is InChI=1S/C14H13F3O2/c15-14(16,17)12-5-1-3-10(7-12)8-13(18)11-4-2-6-19-9-11/h1,3,5,7,9H,2,4,6,8H2. The minimum Gasteiger partial charge on any atom is -0.501 e. The first kappa shape index (κ1) is 13.6. The molecule has 0 N–H and O–H groups in total. The van der Waals surface area contributed by atoms with Crippen molar-refractivity contribution in [1.29, 1.82) is 0 Å². The van der Waals surface area contributed by atoms with E-state index in [4.69, 9.17) is 4.74 Å². The average molecular weight is 270 g/mol. The van der Waals surface area contributed by atoms with Crippen molar-refractivity contribution in [3.05, 3.63) is 47.2 Å². The van der Waals surface area contributed by atoms with E-state index in [9.17, 15) is 18.0 Å². The molecule has 0 aromatic heterocycles. The smallest absolute Gasteiger partial charge is 0.416 e. The molecule has 0 atom stereocenters. The van der Waals surface area contributed by atoms with E-state index < -0.39 is 11.7 Å². The number of allylic oxidation sites excluding steroid dienone is 1. The molecular formula is C14H13F3O2. The number of alkyl halides is 3. The van der Waals surface area contributed by atoms with Crippen LogP contribution in [0.5, 0.6) is 0 Å². The number of ether oxygens (including phenoxy) is 1. The maximum atomic E-state index is 12.5. The number of ketones is 1. The summed E-state index contributed by atoms with van der Waals surface area (Å²) in [5.41, 5.74) is 0.182. The fourth-order valence-electron chi connectivity index (χ4n) is 1.93. The normalized spacial score (nSPS) is 15.6. The molecule has 1 heterocycles. The summed E-state index contributed by atoms with van der Waals surface area (Å²) >= 11 is 0. The molecule has 1 aromatic rings. The Balaban J connectivity index is 2.11. The molecule has 0 amide bonds. The van der Waals surface area contributed by atoms with Crippen LogP contribution in [0.4, 0.5) is 13.2 Å². The Morgan fingerprint density at radius 1 is 1.32 bits per heavy atom. The molecule has 0 aliphatic carbocycles. The molecule has 0 radical (unpaired) electrons. The van der Waals surface area contributed by atoms with E-state index in [0.717, 1.165) is 18.6 Å². The molecule has 0 saturated carbocycles. The number of hydrogen-bond donors (Lipinski definition) is 0. The third-order valence-electron chi connectivity index (χ3n) is 2.91. The molecular weight excluding hydrogens is 257 g/mol. The lowest BCUT2D eigenvalue weighted by Crippen LogP contribution is -2.12. The molecule has 0 bridgehead atoms. The van der Waals surface area contributed by atoms with Gasteiger partial charge in [-0.1, -0.05) is 18.2 Å². The predicted molar refractivity (Wildman–Crippen MR) is 63.4 cm³/mol. The molecule has 2 nitrogen and oxygen atoms in total. The van der Waals surface area contributed by atoms with Crippen molar-refractivity contribution in [2.45, 2.75) is 25.4 Å². The minimum atomic E-state index is -4.38. The summed E-state index contributed by atoms with van der Waals surface area (Å²) in [6, 6.07) is 4.85. The summed E-state index contributed by atoms with van der Waals surface area (Å²) in [6.45, 7) is 0.584. The van der Waals surface area contributed by atoms with E-state index in [0.29, 0.717) is 24.2 Å². The van der Waals surface area contributed by atoms with Crippen LogP contribution >= 0.6 is 0 Å². The van der Waals surface area contributed by atoms with E-state index in [1.165, 1.54) is 18.4 Å². The number of carbonyl (C=O) groups is 1. The Bertz CT molecular complexity index is 504. The van der Waals surface area contributed by atoms with Gasteiger partial charge >= 0.3 is 6.18 Å². The van der Waals surface area contributed by atoms with Crippen LogP contribution in [0, 0.1) is 0 Å². The Labute approximate surface area is 108 Å². The van der Waals surface area contributed by atoms with Gasteiger partial charge in [0.15, 0.2) is 5.78 Å². The van der Waals surface area contributed by atoms with Crippen molar-refractivity contribution in [2.75, 3.05) is 6.61 Å². The second-order valence-corrected chi connectivity index (χ2v) is 4.42. The van der Waals surface area contributed by atoms with Crippen molar-refractivity contribution >= 4 is 5.78 Å². The van der Waals surface area contributed by atoms with Crippen LogP contribution in [0.2, 0.25) is 0 Å². The fraction of sp³-hybridized carbons (Fsp3) is 0.357. The van der Waals surface area contributed by atoms with Gasteiger partial charge in [0.2, 0.25) is 0 Å². The van der Waals surface area contributed by atoms with Gasteiger partial charge in [-0.05, 0) is 24.5 Å². The van der Waals surface area contributed by atoms with Crippen LogP contribution in [0.25, 0.3) is 0 Å².